The number of nitro groups is 1. The average molecular weight is 287 g/mol. The number of ether oxygens (including phenoxy) is 2. The highest BCUT2D eigenvalue weighted by Crippen LogP contribution is 2.33. The van der Waals surface area contributed by atoms with Gasteiger partial charge in [0.2, 0.25) is 0 Å². The van der Waals surface area contributed by atoms with Gasteiger partial charge in [0.25, 0.3) is 5.69 Å². The largest absolute Gasteiger partial charge is 0.493 e. The quantitative estimate of drug-likeness (QED) is 0.477. The highest BCUT2D eigenvalue weighted by atomic mass is 16.6. The molecule has 0 saturated carbocycles. The van der Waals surface area contributed by atoms with E-state index in [1.165, 1.54) is 32.2 Å². The Bertz CT molecular complexity index is 696. The summed E-state index contributed by atoms with van der Waals surface area (Å²) in [7, 11) is 1.51. The Labute approximate surface area is 121 Å². The number of hydrogen-bond donors (Lipinski definition) is 0. The molecule has 6 nitrogen and oxygen atoms in total. The molecule has 6 heteroatoms. The van der Waals surface area contributed by atoms with Gasteiger partial charge in [-0.3, -0.25) is 14.9 Å². The molecular weight excluding hydrogens is 274 g/mol. The molecule has 0 unspecified atom stereocenters. The molecule has 0 amide bonds. The molecule has 21 heavy (non-hydrogen) atoms. The number of nitrogens with zero attached hydrogens (tertiary/aromatic N) is 1. The number of benzene rings is 2. The van der Waals surface area contributed by atoms with Crippen LogP contribution in [0.5, 0.6) is 17.2 Å². The number of rotatable bonds is 5. The van der Waals surface area contributed by atoms with E-state index < -0.39 is 10.7 Å². The molecule has 108 valence electrons. The van der Waals surface area contributed by atoms with Crippen molar-refractivity contribution in [3.63, 3.8) is 0 Å². The summed E-state index contributed by atoms with van der Waals surface area (Å²) in [5.74, 6) is 0.922. The number of para-hydroxylation sites is 2. The van der Waals surface area contributed by atoms with Gasteiger partial charge in [0.05, 0.1) is 17.6 Å². The van der Waals surface area contributed by atoms with E-state index in [9.17, 15) is 14.9 Å². The topological polar surface area (TPSA) is 78.7 Å². The Hall–Kier alpha value is -2.89. The lowest BCUT2D eigenvalue weighted by Gasteiger charge is -2.10. The number of Topliss-reactive ketones (excluding diaryl/α,β-unsaturated/α-hetero) is 1. The molecule has 0 aliphatic heterocycles. The Morgan fingerprint density at radius 3 is 2.38 bits per heavy atom. The van der Waals surface area contributed by atoms with Crippen LogP contribution in [0.3, 0.4) is 0 Å². The summed E-state index contributed by atoms with van der Waals surface area (Å²) in [4.78, 5) is 21.8. The van der Waals surface area contributed by atoms with Crippen molar-refractivity contribution >= 4 is 11.5 Å². The fourth-order valence-corrected chi connectivity index (χ4v) is 1.85. The van der Waals surface area contributed by atoms with Crippen molar-refractivity contribution in [1.82, 2.24) is 0 Å². The van der Waals surface area contributed by atoms with E-state index in [0.717, 1.165) is 0 Å². The second-order valence-corrected chi connectivity index (χ2v) is 4.25. The Kier molecular flexibility index (Phi) is 4.18. The van der Waals surface area contributed by atoms with Gasteiger partial charge in [-0.1, -0.05) is 12.1 Å². The first kappa shape index (κ1) is 14.5. The van der Waals surface area contributed by atoms with Gasteiger partial charge in [-0.15, -0.1) is 0 Å². The van der Waals surface area contributed by atoms with Gasteiger partial charge in [-0.25, -0.2) is 0 Å². The molecule has 0 heterocycles. The van der Waals surface area contributed by atoms with E-state index in [-0.39, 0.29) is 11.3 Å². The number of nitro benzene ring substituents is 1. The fourth-order valence-electron chi connectivity index (χ4n) is 1.85. The van der Waals surface area contributed by atoms with Crippen molar-refractivity contribution in [2.75, 3.05) is 7.11 Å². The number of carbonyl (C=O) groups is 1. The van der Waals surface area contributed by atoms with Crippen LogP contribution in [-0.2, 0) is 0 Å². The van der Waals surface area contributed by atoms with Crippen molar-refractivity contribution in [2.24, 2.45) is 0 Å². The minimum Gasteiger partial charge on any atom is -0.493 e. The van der Waals surface area contributed by atoms with Crippen LogP contribution in [-0.4, -0.2) is 17.8 Å². The van der Waals surface area contributed by atoms with Crippen LogP contribution in [0.1, 0.15) is 17.3 Å². The van der Waals surface area contributed by atoms with Gasteiger partial charge >= 0.3 is 0 Å². The van der Waals surface area contributed by atoms with Crippen molar-refractivity contribution in [2.45, 2.75) is 6.92 Å². The van der Waals surface area contributed by atoms with Crippen LogP contribution in [0.15, 0.2) is 42.5 Å². The van der Waals surface area contributed by atoms with Crippen molar-refractivity contribution < 1.29 is 19.2 Å². The van der Waals surface area contributed by atoms with E-state index in [4.69, 9.17) is 9.47 Å². The molecule has 0 spiro atoms. The zero-order chi connectivity index (χ0) is 15.4. The molecule has 2 aromatic carbocycles. The van der Waals surface area contributed by atoms with Crippen molar-refractivity contribution in [3.05, 3.63) is 58.1 Å². The average Bonchev–Trinajstić information content (AvgIpc) is 2.47. The minimum absolute atomic E-state index is 0.00685. The van der Waals surface area contributed by atoms with Crippen molar-refractivity contribution in [3.8, 4) is 17.2 Å². The van der Waals surface area contributed by atoms with Crippen LogP contribution in [0, 0.1) is 10.1 Å². The smallest absolute Gasteiger partial charge is 0.280 e. The molecule has 0 radical (unpaired) electrons. The lowest BCUT2D eigenvalue weighted by Crippen LogP contribution is -2.00. The monoisotopic (exact) mass is 287 g/mol. The minimum atomic E-state index is -0.594. The zero-order valence-electron chi connectivity index (χ0n) is 11.5. The standard InChI is InChI=1S/C15H13NO5/c1-10(17)12-9-11(7-8-13(12)16(18)19)21-15-6-4-3-5-14(15)20-2/h3-9H,1-2H3. The summed E-state index contributed by atoms with van der Waals surface area (Å²) < 4.78 is 10.8. The number of hydrogen-bond acceptors (Lipinski definition) is 5. The molecule has 0 aliphatic carbocycles. The van der Waals surface area contributed by atoms with Crippen LogP contribution in [0.4, 0.5) is 5.69 Å². The second-order valence-electron chi connectivity index (χ2n) is 4.25. The number of ketones is 1. The lowest BCUT2D eigenvalue weighted by molar-refractivity contribution is -0.385. The van der Waals surface area contributed by atoms with Gasteiger partial charge in [-0.2, -0.15) is 0 Å². The molecule has 0 saturated heterocycles. The lowest BCUT2D eigenvalue weighted by atomic mass is 10.1. The summed E-state index contributed by atoms with van der Waals surface area (Å²) in [6.45, 7) is 1.27. The third-order valence-electron chi connectivity index (χ3n) is 2.84. The van der Waals surface area contributed by atoms with E-state index in [1.807, 2.05) is 0 Å². The highest BCUT2D eigenvalue weighted by molar-refractivity contribution is 5.98. The summed E-state index contributed by atoms with van der Waals surface area (Å²) >= 11 is 0. The third kappa shape index (κ3) is 3.17. The first-order valence-electron chi connectivity index (χ1n) is 6.13. The van der Waals surface area contributed by atoms with Crippen LogP contribution in [0.25, 0.3) is 0 Å². The molecular formula is C15H13NO5. The Morgan fingerprint density at radius 1 is 1.14 bits per heavy atom. The van der Waals surface area contributed by atoms with Gasteiger partial charge < -0.3 is 9.47 Å². The molecule has 2 rings (SSSR count). The number of carbonyl (C=O) groups excluding carboxylic acids is 1. The van der Waals surface area contributed by atoms with Gasteiger partial charge in [0.1, 0.15) is 5.75 Å². The first-order valence-corrected chi connectivity index (χ1v) is 6.13. The molecule has 0 atom stereocenters. The number of methoxy groups -OCH3 is 1. The molecule has 0 bridgehead atoms. The van der Waals surface area contributed by atoms with E-state index in [0.29, 0.717) is 17.2 Å². The maximum Gasteiger partial charge on any atom is 0.280 e. The van der Waals surface area contributed by atoms with Gasteiger partial charge in [0.15, 0.2) is 17.3 Å². The summed E-state index contributed by atoms with van der Waals surface area (Å²) in [6, 6.07) is 11.0. The van der Waals surface area contributed by atoms with Crippen LogP contribution in [0.2, 0.25) is 0 Å². The summed E-state index contributed by atoms with van der Waals surface area (Å²) in [5.41, 5.74) is -0.234. The predicted octanol–water partition coefficient (Wildman–Crippen LogP) is 3.60. The Balaban J connectivity index is 2.39. The van der Waals surface area contributed by atoms with Crippen LogP contribution >= 0.6 is 0 Å². The SMILES string of the molecule is COc1ccccc1Oc1ccc([N+](=O)[O-])c(C(C)=O)c1. The molecule has 0 aliphatic rings. The highest BCUT2D eigenvalue weighted by Gasteiger charge is 2.18. The van der Waals surface area contributed by atoms with E-state index in [1.54, 1.807) is 24.3 Å². The maximum absolute atomic E-state index is 11.5. The second kappa shape index (κ2) is 6.04. The third-order valence-corrected chi connectivity index (χ3v) is 2.84. The first-order chi connectivity index (χ1) is 10.0. The molecule has 2 aromatic rings. The molecule has 0 N–H and O–H groups in total. The normalized spacial score (nSPS) is 10.0. The van der Waals surface area contributed by atoms with E-state index in [2.05, 4.69) is 0 Å². The predicted molar refractivity (Wildman–Crippen MR) is 76.2 cm³/mol. The van der Waals surface area contributed by atoms with E-state index >= 15 is 0 Å². The van der Waals surface area contributed by atoms with Gasteiger partial charge in [0, 0.05) is 6.07 Å². The Morgan fingerprint density at radius 2 is 1.81 bits per heavy atom. The van der Waals surface area contributed by atoms with Gasteiger partial charge in [-0.05, 0) is 31.2 Å². The van der Waals surface area contributed by atoms with Crippen LogP contribution < -0.4 is 9.47 Å². The van der Waals surface area contributed by atoms with Crippen molar-refractivity contribution in [1.29, 1.82) is 0 Å². The fraction of sp³-hybridized carbons (Fsp3) is 0.133. The molecule has 0 aromatic heterocycles. The molecule has 0 fully saturated rings. The summed E-state index contributed by atoms with van der Waals surface area (Å²) in [5, 5.41) is 10.9. The zero-order valence-corrected chi connectivity index (χ0v) is 11.5. The maximum atomic E-state index is 11.5. The summed E-state index contributed by atoms with van der Waals surface area (Å²) in [6.07, 6.45) is 0.